The van der Waals surface area contributed by atoms with Crippen molar-refractivity contribution >= 4 is 17.6 Å². The molecule has 1 saturated heterocycles. The van der Waals surface area contributed by atoms with Crippen LogP contribution in [0.15, 0.2) is 30.5 Å². The number of nitrogens with one attached hydrogen (secondary N) is 1. The van der Waals surface area contributed by atoms with Gasteiger partial charge in [0, 0.05) is 31.2 Å². The molecule has 0 atom stereocenters. The maximum absolute atomic E-state index is 12.4. The minimum atomic E-state index is -1.09. The van der Waals surface area contributed by atoms with Crippen LogP contribution in [0.3, 0.4) is 0 Å². The summed E-state index contributed by atoms with van der Waals surface area (Å²) >= 11 is 0. The fraction of sp³-hybridized carbons (Fsp3) is 0.353. The van der Waals surface area contributed by atoms with E-state index >= 15 is 0 Å². The van der Waals surface area contributed by atoms with Gasteiger partial charge < -0.3 is 19.9 Å². The molecule has 0 aliphatic carbocycles. The number of aromatic nitrogens is 2. The summed E-state index contributed by atoms with van der Waals surface area (Å²) < 4.78 is 12.2. The van der Waals surface area contributed by atoms with Crippen LogP contribution in [0.4, 0.5) is 5.69 Å². The quantitative estimate of drug-likeness (QED) is 0.861. The summed E-state index contributed by atoms with van der Waals surface area (Å²) in [4.78, 5) is 23.5. The maximum atomic E-state index is 12.4. The van der Waals surface area contributed by atoms with Crippen molar-refractivity contribution in [1.29, 1.82) is 0 Å². The highest BCUT2D eigenvalue weighted by molar-refractivity contribution is 6.03. The van der Waals surface area contributed by atoms with Gasteiger partial charge in [0.1, 0.15) is 11.3 Å². The van der Waals surface area contributed by atoms with Crippen molar-refractivity contribution in [3.8, 4) is 5.75 Å². The summed E-state index contributed by atoms with van der Waals surface area (Å²) in [6.07, 6.45) is 3.53. The highest BCUT2D eigenvalue weighted by atomic mass is 16.5. The predicted octanol–water partition coefficient (Wildman–Crippen LogP) is 2.19. The summed E-state index contributed by atoms with van der Waals surface area (Å²) in [6.45, 7) is 1.39. The van der Waals surface area contributed by atoms with Crippen molar-refractivity contribution in [1.82, 2.24) is 9.78 Å². The Hall–Kier alpha value is -2.87. The lowest BCUT2D eigenvalue weighted by Crippen LogP contribution is -2.21. The Morgan fingerprint density at radius 2 is 2.08 bits per heavy atom. The van der Waals surface area contributed by atoms with E-state index in [0.717, 1.165) is 12.8 Å². The van der Waals surface area contributed by atoms with Crippen molar-refractivity contribution < 1.29 is 24.2 Å². The van der Waals surface area contributed by atoms with E-state index in [-0.39, 0.29) is 23.3 Å². The van der Waals surface area contributed by atoms with Gasteiger partial charge in [-0.05, 0) is 31.0 Å². The number of rotatable bonds is 5. The zero-order valence-electron chi connectivity index (χ0n) is 13.8. The molecule has 0 saturated carbocycles. The molecule has 2 N–H and O–H groups in total. The van der Waals surface area contributed by atoms with E-state index < -0.39 is 5.97 Å². The fourth-order valence-corrected chi connectivity index (χ4v) is 2.75. The molecule has 1 aliphatic heterocycles. The van der Waals surface area contributed by atoms with Crippen LogP contribution in [0, 0.1) is 0 Å². The number of carboxylic acid groups (broad SMARTS) is 1. The molecule has 0 bridgehead atoms. The summed E-state index contributed by atoms with van der Waals surface area (Å²) in [5.74, 6) is -1.28. The highest BCUT2D eigenvalue weighted by Gasteiger charge is 2.19. The first-order valence-electron chi connectivity index (χ1n) is 7.94. The number of methoxy groups -OCH3 is 1. The lowest BCUT2D eigenvalue weighted by atomic mass is 10.1. The third-order valence-corrected chi connectivity index (χ3v) is 4.10. The largest absolute Gasteiger partial charge is 0.496 e. The Morgan fingerprint density at radius 3 is 2.76 bits per heavy atom. The second-order valence-electron chi connectivity index (χ2n) is 5.70. The van der Waals surface area contributed by atoms with Crippen molar-refractivity contribution in [2.24, 2.45) is 0 Å². The molecule has 1 aromatic carbocycles. The number of anilines is 1. The van der Waals surface area contributed by atoms with E-state index in [1.54, 1.807) is 16.9 Å². The third-order valence-electron chi connectivity index (χ3n) is 4.10. The van der Waals surface area contributed by atoms with Crippen LogP contribution in [0.1, 0.15) is 39.7 Å². The van der Waals surface area contributed by atoms with Gasteiger partial charge in [-0.1, -0.05) is 0 Å². The van der Waals surface area contributed by atoms with E-state index in [0.29, 0.717) is 24.6 Å². The molecule has 1 aromatic heterocycles. The number of nitrogens with zero attached hydrogens (tertiary/aromatic N) is 2. The number of hydrogen-bond acceptors (Lipinski definition) is 5. The zero-order chi connectivity index (χ0) is 17.8. The Balaban J connectivity index is 1.72. The van der Waals surface area contributed by atoms with Gasteiger partial charge in [-0.3, -0.25) is 9.48 Å². The first-order valence-corrected chi connectivity index (χ1v) is 7.94. The third kappa shape index (κ3) is 3.80. The number of carbonyl (C=O) groups is 2. The Morgan fingerprint density at radius 1 is 1.32 bits per heavy atom. The van der Waals surface area contributed by atoms with Crippen LogP contribution >= 0.6 is 0 Å². The Kier molecular flexibility index (Phi) is 4.99. The lowest BCUT2D eigenvalue weighted by Gasteiger charge is -2.22. The summed E-state index contributed by atoms with van der Waals surface area (Å²) in [5.41, 5.74) is 0.768. The Labute approximate surface area is 144 Å². The van der Waals surface area contributed by atoms with Crippen LogP contribution in [0.25, 0.3) is 0 Å². The van der Waals surface area contributed by atoms with E-state index in [9.17, 15) is 9.59 Å². The topological polar surface area (TPSA) is 103 Å². The number of amides is 1. The highest BCUT2D eigenvalue weighted by Crippen LogP contribution is 2.24. The average Bonchev–Trinajstić information content (AvgIpc) is 3.12. The number of carboxylic acids is 1. The van der Waals surface area contributed by atoms with Crippen LogP contribution in [0.2, 0.25) is 0 Å². The van der Waals surface area contributed by atoms with Gasteiger partial charge in [0.25, 0.3) is 5.91 Å². The SMILES string of the molecule is COc1cc(NC(=O)c2ccn(C3CCOCC3)n2)ccc1C(=O)O. The molecule has 132 valence electrons. The van der Waals surface area contributed by atoms with Gasteiger partial charge >= 0.3 is 5.97 Å². The van der Waals surface area contributed by atoms with Gasteiger partial charge in [-0.15, -0.1) is 0 Å². The Bertz CT molecular complexity index is 780. The zero-order valence-corrected chi connectivity index (χ0v) is 13.8. The normalized spacial score (nSPS) is 14.9. The van der Waals surface area contributed by atoms with Crippen molar-refractivity contribution in [3.05, 3.63) is 41.7 Å². The van der Waals surface area contributed by atoms with E-state index in [1.807, 2.05) is 0 Å². The first-order chi connectivity index (χ1) is 12.1. The molecule has 2 aromatic rings. The average molecular weight is 345 g/mol. The predicted molar refractivity (Wildman–Crippen MR) is 89.2 cm³/mol. The molecule has 3 rings (SSSR count). The van der Waals surface area contributed by atoms with Crippen molar-refractivity contribution in [2.45, 2.75) is 18.9 Å². The van der Waals surface area contributed by atoms with E-state index in [1.165, 1.54) is 25.3 Å². The molecule has 8 nitrogen and oxygen atoms in total. The van der Waals surface area contributed by atoms with Crippen molar-refractivity contribution in [2.75, 3.05) is 25.6 Å². The fourth-order valence-electron chi connectivity index (χ4n) is 2.75. The van der Waals surface area contributed by atoms with Crippen LogP contribution in [-0.2, 0) is 4.74 Å². The second kappa shape index (κ2) is 7.35. The van der Waals surface area contributed by atoms with Crippen molar-refractivity contribution in [3.63, 3.8) is 0 Å². The monoisotopic (exact) mass is 345 g/mol. The summed E-state index contributed by atoms with van der Waals surface area (Å²) in [7, 11) is 1.38. The van der Waals surface area contributed by atoms with Gasteiger partial charge in [0.05, 0.1) is 13.2 Å². The van der Waals surface area contributed by atoms with Gasteiger partial charge in [-0.25, -0.2) is 4.79 Å². The van der Waals surface area contributed by atoms with Crippen LogP contribution in [0.5, 0.6) is 5.75 Å². The van der Waals surface area contributed by atoms with Gasteiger partial charge in [0.2, 0.25) is 0 Å². The molecule has 1 fully saturated rings. The standard InChI is InChI=1S/C17H19N3O5/c1-24-15-10-11(2-3-13(15)17(22)23)18-16(21)14-4-7-20(19-14)12-5-8-25-9-6-12/h2-4,7,10,12H,5-6,8-9H2,1H3,(H,18,21)(H,22,23). The molecule has 1 amide bonds. The molecular weight excluding hydrogens is 326 g/mol. The molecule has 0 unspecified atom stereocenters. The minimum absolute atomic E-state index is 0.0318. The van der Waals surface area contributed by atoms with Gasteiger partial charge in [0.15, 0.2) is 5.69 Å². The van der Waals surface area contributed by atoms with Gasteiger partial charge in [-0.2, -0.15) is 5.10 Å². The van der Waals surface area contributed by atoms with Crippen LogP contribution in [-0.4, -0.2) is 47.1 Å². The molecular formula is C17H19N3O5. The number of aromatic carboxylic acids is 1. The summed E-state index contributed by atoms with van der Waals surface area (Å²) in [5, 5.41) is 16.1. The van der Waals surface area contributed by atoms with Crippen LogP contribution < -0.4 is 10.1 Å². The number of benzene rings is 1. The number of ether oxygens (including phenoxy) is 2. The smallest absolute Gasteiger partial charge is 0.339 e. The van der Waals surface area contributed by atoms with E-state index in [2.05, 4.69) is 10.4 Å². The lowest BCUT2D eigenvalue weighted by molar-refractivity contribution is 0.0660. The number of hydrogen-bond donors (Lipinski definition) is 2. The minimum Gasteiger partial charge on any atom is -0.496 e. The van der Waals surface area contributed by atoms with E-state index in [4.69, 9.17) is 14.6 Å². The second-order valence-corrected chi connectivity index (χ2v) is 5.70. The maximum Gasteiger partial charge on any atom is 0.339 e. The molecule has 2 heterocycles. The molecule has 0 spiro atoms. The molecule has 25 heavy (non-hydrogen) atoms. The first kappa shape index (κ1) is 17.0. The summed E-state index contributed by atoms with van der Waals surface area (Å²) in [6, 6.07) is 6.27. The molecule has 1 aliphatic rings. The molecule has 8 heteroatoms. The molecule has 0 radical (unpaired) electrons. The number of carbonyl (C=O) groups excluding carboxylic acids is 1.